The van der Waals surface area contributed by atoms with Gasteiger partial charge in [0.25, 0.3) is 0 Å². The van der Waals surface area contributed by atoms with Crippen LogP contribution in [0.2, 0.25) is 5.02 Å². The molecule has 0 aliphatic carbocycles. The van der Waals surface area contributed by atoms with Crippen LogP contribution in [-0.4, -0.2) is 34.4 Å². The van der Waals surface area contributed by atoms with Crippen LogP contribution in [0.3, 0.4) is 0 Å². The monoisotopic (exact) mass is 274 g/mol. The molecule has 94 valence electrons. The van der Waals surface area contributed by atoms with Gasteiger partial charge in [0.15, 0.2) is 0 Å². The first-order valence-electron chi connectivity index (χ1n) is 5.34. The van der Waals surface area contributed by atoms with Crippen molar-refractivity contribution < 1.29 is 9.90 Å². The van der Waals surface area contributed by atoms with Crippen molar-refractivity contribution in [2.45, 2.75) is 24.4 Å². The maximum atomic E-state index is 10.9. The van der Waals surface area contributed by atoms with Crippen LogP contribution in [0.25, 0.3) is 0 Å². The summed E-state index contributed by atoms with van der Waals surface area (Å²) in [5.41, 5.74) is 0. The standard InChI is InChI=1S/C11H15ClN2O2S/c1-2-13-9(11(15)16)5-7-17-10-8(12)4-3-6-14-10/h3-4,6,9,13H,2,5,7H2,1H3,(H,15,16). The number of pyridine rings is 1. The maximum absolute atomic E-state index is 10.9. The van der Waals surface area contributed by atoms with Gasteiger partial charge < -0.3 is 10.4 Å². The molecule has 17 heavy (non-hydrogen) atoms. The van der Waals surface area contributed by atoms with Crippen LogP contribution >= 0.6 is 23.4 Å². The summed E-state index contributed by atoms with van der Waals surface area (Å²) in [4.78, 5) is 15.0. The van der Waals surface area contributed by atoms with Gasteiger partial charge >= 0.3 is 5.97 Å². The van der Waals surface area contributed by atoms with Gasteiger partial charge in [0, 0.05) is 11.9 Å². The predicted octanol–water partition coefficient (Wildman–Crippen LogP) is 2.28. The molecule has 0 aromatic carbocycles. The van der Waals surface area contributed by atoms with Gasteiger partial charge in [-0.2, -0.15) is 0 Å². The molecule has 6 heteroatoms. The zero-order chi connectivity index (χ0) is 12.7. The molecule has 0 aliphatic rings. The average Bonchev–Trinajstić information content (AvgIpc) is 2.30. The van der Waals surface area contributed by atoms with Crippen LogP contribution in [-0.2, 0) is 4.79 Å². The molecule has 1 heterocycles. The van der Waals surface area contributed by atoms with Gasteiger partial charge in [0.2, 0.25) is 0 Å². The van der Waals surface area contributed by atoms with E-state index in [2.05, 4.69) is 10.3 Å². The Kier molecular flexibility index (Phi) is 6.32. The molecule has 1 unspecified atom stereocenters. The molecule has 0 spiro atoms. The Labute approximate surface area is 110 Å². The first-order valence-corrected chi connectivity index (χ1v) is 6.71. The first kappa shape index (κ1) is 14.3. The van der Waals surface area contributed by atoms with Crippen LogP contribution in [0.1, 0.15) is 13.3 Å². The van der Waals surface area contributed by atoms with Gasteiger partial charge in [-0.05, 0) is 25.1 Å². The van der Waals surface area contributed by atoms with Crippen LogP contribution in [0.5, 0.6) is 0 Å². The average molecular weight is 275 g/mol. The normalized spacial score (nSPS) is 12.4. The number of aromatic nitrogens is 1. The smallest absolute Gasteiger partial charge is 0.320 e. The SMILES string of the molecule is CCNC(CCSc1ncccc1Cl)C(=O)O. The van der Waals surface area contributed by atoms with E-state index < -0.39 is 12.0 Å². The largest absolute Gasteiger partial charge is 0.480 e. The quantitative estimate of drug-likeness (QED) is 0.747. The number of likely N-dealkylation sites (N-methyl/N-ethyl adjacent to an activating group) is 1. The number of aliphatic carboxylic acids is 1. The lowest BCUT2D eigenvalue weighted by Gasteiger charge is -2.12. The zero-order valence-corrected chi connectivity index (χ0v) is 11.1. The Morgan fingerprint density at radius 1 is 1.71 bits per heavy atom. The minimum atomic E-state index is -0.820. The number of carboxylic acids is 1. The van der Waals surface area contributed by atoms with E-state index in [1.54, 1.807) is 18.3 Å². The molecular formula is C11H15ClN2O2S. The number of hydrogen-bond acceptors (Lipinski definition) is 4. The molecule has 0 saturated carbocycles. The molecular weight excluding hydrogens is 260 g/mol. The Balaban J connectivity index is 2.41. The summed E-state index contributed by atoms with van der Waals surface area (Å²) in [5, 5.41) is 13.2. The van der Waals surface area contributed by atoms with Gasteiger partial charge in [0.05, 0.1) is 5.02 Å². The molecule has 1 aromatic heterocycles. The fraction of sp³-hybridized carbons (Fsp3) is 0.455. The topological polar surface area (TPSA) is 62.2 Å². The highest BCUT2D eigenvalue weighted by molar-refractivity contribution is 7.99. The van der Waals surface area contributed by atoms with Crippen molar-refractivity contribution in [3.05, 3.63) is 23.4 Å². The molecule has 0 radical (unpaired) electrons. The minimum absolute atomic E-state index is 0.505. The van der Waals surface area contributed by atoms with E-state index in [-0.39, 0.29) is 0 Å². The number of nitrogens with one attached hydrogen (secondary N) is 1. The summed E-state index contributed by atoms with van der Waals surface area (Å²) >= 11 is 7.42. The minimum Gasteiger partial charge on any atom is -0.480 e. The maximum Gasteiger partial charge on any atom is 0.320 e. The fourth-order valence-corrected chi connectivity index (χ4v) is 2.48. The molecule has 0 fully saturated rings. The Hall–Kier alpha value is -0.780. The van der Waals surface area contributed by atoms with E-state index in [1.807, 2.05) is 6.92 Å². The number of rotatable bonds is 7. The van der Waals surface area contributed by atoms with E-state index in [4.69, 9.17) is 16.7 Å². The second kappa shape index (κ2) is 7.53. The zero-order valence-electron chi connectivity index (χ0n) is 9.52. The molecule has 4 nitrogen and oxygen atoms in total. The van der Waals surface area contributed by atoms with Crippen molar-refractivity contribution in [2.75, 3.05) is 12.3 Å². The van der Waals surface area contributed by atoms with E-state index in [9.17, 15) is 4.79 Å². The molecule has 2 N–H and O–H groups in total. The second-order valence-corrected chi connectivity index (χ2v) is 4.87. The fourth-order valence-electron chi connectivity index (χ4n) is 1.31. The highest BCUT2D eigenvalue weighted by Gasteiger charge is 2.15. The van der Waals surface area contributed by atoms with Crippen molar-refractivity contribution in [3.8, 4) is 0 Å². The van der Waals surface area contributed by atoms with Crippen molar-refractivity contribution in [3.63, 3.8) is 0 Å². The Morgan fingerprint density at radius 2 is 2.47 bits per heavy atom. The van der Waals surface area contributed by atoms with Crippen LogP contribution < -0.4 is 5.32 Å². The van der Waals surface area contributed by atoms with E-state index in [0.29, 0.717) is 23.7 Å². The molecule has 0 aliphatic heterocycles. The van der Waals surface area contributed by atoms with E-state index >= 15 is 0 Å². The third-order valence-corrected chi connectivity index (χ3v) is 3.57. The molecule has 1 aromatic rings. The summed E-state index contributed by atoms with van der Waals surface area (Å²) in [6.45, 7) is 2.53. The van der Waals surface area contributed by atoms with Crippen molar-refractivity contribution in [1.29, 1.82) is 0 Å². The summed E-state index contributed by atoms with van der Waals surface area (Å²) in [6, 6.07) is 3.04. The predicted molar refractivity (Wildman–Crippen MR) is 69.7 cm³/mol. The highest BCUT2D eigenvalue weighted by Crippen LogP contribution is 2.24. The van der Waals surface area contributed by atoms with Gasteiger partial charge in [-0.1, -0.05) is 18.5 Å². The van der Waals surface area contributed by atoms with Gasteiger partial charge in [0.1, 0.15) is 11.1 Å². The van der Waals surface area contributed by atoms with Crippen LogP contribution in [0.4, 0.5) is 0 Å². The summed E-state index contributed by atoms with van der Waals surface area (Å²) in [6.07, 6.45) is 2.22. The Morgan fingerprint density at radius 3 is 3.06 bits per heavy atom. The van der Waals surface area contributed by atoms with E-state index in [1.165, 1.54) is 11.8 Å². The summed E-state index contributed by atoms with van der Waals surface area (Å²) < 4.78 is 0. The molecule has 0 amide bonds. The molecule has 0 bridgehead atoms. The summed E-state index contributed by atoms with van der Waals surface area (Å²) in [5.74, 6) is -0.152. The lowest BCUT2D eigenvalue weighted by molar-refractivity contribution is -0.139. The number of halogens is 1. The molecule has 1 atom stereocenters. The Bertz CT molecular complexity index is 376. The van der Waals surface area contributed by atoms with Gasteiger partial charge in [-0.15, -0.1) is 11.8 Å². The van der Waals surface area contributed by atoms with Gasteiger partial charge in [-0.25, -0.2) is 4.98 Å². The third-order valence-electron chi connectivity index (χ3n) is 2.12. The molecule has 1 rings (SSSR count). The highest BCUT2D eigenvalue weighted by atomic mass is 35.5. The lowest BCUT2D eigenvalue weighted by atomic mass is 10.2. The summed E-state index contributed by atoms with van der Waals surface area (Å²) in [7, 11) is 0. The first-order chi connectivity index (χ1) is 8.15. The number of nitrogens with zero attached hydrogens (tertiary/aromatic N) is 1. The van der Waals surface area contributed by atoms with Crippen LogP contribution in [0.15, 0.2) is 23.4 Å². The van der Waals surface area contributed by atoms with Crippen LogP contribution in [0, 0.1) is 0 Å². The third kappa shape index (κ3) is 4.93. The number of hydrogen-bond donors (Lipinski definition) is 2. The lowest BCUT2D eigenvalue weighted by Crippen LogP contribution is -2.36. The van der Waals surface area contributed by atoms with Crippen molar-refractivity contribution >= 4 is 29.3 Å². The van der Waals surface area contributed by atoms with E-state index in [0.717, 1.165) is 5.03 Å². The van der Waals surface area contributed by atoms with Crippen molar-refractivity contribution in [1.82, 2.24) is 10.3 Å². The van der Waals surface area contributed by atoms with Gasteiger partial charge in [-0.3, -0.25) is 4.79 Å². The van der Waals surface area contributed by atoms with Crippen molar-refractivity contribution in [2.24, 2.45) is 0 Å². The molecule has 0 saturated heterocycles. The number of carbonyl (C=O) groups is 1. The second-order valence-electron chi connectivity index (χ2n) is 3.38. The number of carboxylic acid groups (broad SMARTS) is 1. The number of thioether (sulfide) groups is 1.